The van der Waals surface area contributed by atoms with Gasteiger partial charge in [0.05, 0.1) is 18.5 Å². The first kappa shape index (κ1) is 11.2. The van der Waals surface area contributed by atoms with Crippen molar-refractivity contribution in [1.29, 1.82) is 0 Å². The van der Waals surface area contributed by atoms with Gasteiger partial charge in [-0.1, -0.05) is 32.0 Å². The van der Waals surface area contributed by atoms with E-state index in [0.29, 0.717) is 5.56 Å². The van der Waals surface area contributed by atoms with Crippen molar-refractivity contribution >= 4 is 18.8 Å². The standard InChI is InChI=1S/C10H12NO2S/c1-7(2)8-5-3-4-6-9(8)10(12)11-13-14/h3-7,14H,1-2H3/q+1. The van der Waals surface area contributed by atoms with E-state index >= 15 is 0 Å². The summed E-state index contributed by atoms with van der Waals surface area (Å²) in [6, 6.07) is 7.33. The lowest BCUT2D eigenvalue weighted by Crippen LogP contribution is -2.15. The highest BCUT2D eigenvalue weighted by molar-refractivity contribution is 7.75. The van der Waals surface area contributed by atoms with Gasteiger partial charge in [0.15, 0.2) is 0 Å². The van der Waals surface area contributed by atoms with E-state index in [2.05, 4.69) is 22.7 Å². The molecule has 0 aliphatic heterocycles. The first-order chi connectivity index (χ1) is 6.66. The van der Waals surface area contributed by atoms with Gasteiger partial charge in [0.25, 0.3) is 0 Å². The van der Waals surface area contributed by atoms with Gasteiger partial charge in [-0.2, -0.15) is 0 Å². The van der Waals surface area contributed by atoms with E-state index in [1.54, 1.807) is 12.1 Å². The second-order valence-electron chi connectivity index (χ2n) is 3.22. The Kier molecular flexibility index (Phi) is 4.13. The minimum absolute atomic E-state index is 0.283. The molecule has 0 saturated carbocycles. The lowest BCUT2D eigenvalue weighted by atomic mass is 9.97. The van der Waals surface area contributed by atoms with Crippen molar-refractivity contribution in [2.75, 3.05) is 0 Å². The molecule has 0 atom stereocenters. The van der Waals surface area contributed by atoms with Crippen LogP contribution in [0.15, 0.2) is 24.3 Å². The van der Waals surface area contributed by atoms with Crippen LogP contribution in [-0.2, 0) is 4.28 Å². The lowest BCUT2D eigenvalue weighted by molar-refractivity contribution is 0.0785. The van der Waals surface area contributed by atoms with Gasteiger partial charge in [-0.3, -0.25) is 0 Å². The predicted octanol–water partition coefficient (Wildman–Crippen LogP) is 2.33. The second kappa shape index (κ2) is 5.14. The topological polar surface area (TPSA) is 40.4 Å². The third kappa shape index (κ3) is 2.57. The first-order valence-electron chi connectivity index (χ1n) is 4.31. The normalized spacial score (nSPS) is 10.6. The van der Waals surface area contributed by atoms with Crippen molar-refractivity contribution in [3.05, 3.63) is 35.4 Å². The Balaban J connectivity index is 3.00. The average Bonchev–Trinajstić information content (AvgIpc) is 2.18. The van der Waals surface area contributed by atoms with E-state index < -0.39 is 5.91 Å². The highest BCUT2D eigenvalue weighted by Gasteiger charge is 2.26. The zero-order valence-electron chi connectivity index (χ0n) is 8.10. The molecular formula is C10H12NO2S+. The van der Waals surface area contributed by atoms with Crippen molar-refractivity contribution in [1.82, 2.24) is 5.48 Å². The molecule has 14 heavy (non-hydrogen) atoms. The van der Waals surface area contributed by atoms with Crippen LogP contribution in [0.3, 0.4) is 0 Å². The summed E-state index contributed by atoms with van der Waals surface area (Å²) in [6.07, 6.45) is 0. The number of hydroxylamine groups is 1. The van der Waals surface area contributed by atoms with E-state index in [0.717, 1.165) is 5.56 Å². The molecule has 74 valence electrons. The zero-order chi connectivity index (χ0) is 10.6. The van der Waals surface area contributed by atoms with Gasteiger partial charge in [0.1, 0.15) is 0 Å². The van der Waals surface area contributed by atoms with Gasteiger partial charge in [-0.25, -0.2) is 4.79 Å². The van der Waals surface area contributed by atoms with E-state index in [4.69, 9.17) is 0 Å². The third-order valence-electron chi connectivity index (χ3n) is 1.94. The first-order valence-corrected chi connectivity index (χ1v) is 4.68. The molecule has 0 fully saturated rings. The Hall–Kier alpha value is -0.840. The fourth-order valence-corrected chi connectivity index (χ4v) is 1.36. The molecule has 0 aromatic heterocycles. The molecule has 1 aromatic rings. The minimum Gasteiger partial charge on any atom is -0.208 e. The number of carbonyl (C=O) groups is 1. The molecule has 1 aromatic carbocycles. The van der Waals surface area contributed by atoms with Gasteiger partial charge in [-0.05, 0) is 21.8 Å². The number of hydrogen-bond acceptors (Lipinski definition) is 3. The Morgan fingerprint density at radius 2 is 2.07 bits per heavy atom. The van der Waals surface area contributed by atoms with Crippen LogP contribution >= 0.6 is 12.9 Å². The summed E-state index contributed by atoms with van der Waals surface area (Å²) in [5.41, 5.74) is 4.79. The molecule has 0 bridgehead atoms. The van der Waals surface area contributed by atoms with Crippen LogP contribution in [0.4, 0.5) is 0 Å². The molecule has 4 heteroatoms. The van der Waals surface area contributed by atoms with Gasteiger partial charge >= 0.3 is 11.4 Å². The summed E-state index contributed by atoms with van der Waals surface area (Å²) in [7, 11) is 0. The summed E-state index contributed by atoms with van der Waals surface area (Å²) in [5.74, 6) is -0.116. The van der Waals surface area contributed by atoms with Crippen molar-refractivity contribution in [3.8, 4) is 0 Å². The number of amides is 1. The van der Waals surface area contributed by atoms with E-state index in [1.165, 1.54) is 0 Å². The maximum absolute atomic E-state index is 11.4. The molecule has 2 radical (unpaired) electrons. The molecule has 0 aliphatic carbocycles. The SMILES string of the molecule is CC(C)c1ccccc1C(=O)[N+]OS. The Morgan fingerprint density at radius 1 is 1.43 bits per heavy atom. The lowest BCUT2D eigenvalue weighted by Gasteiger charge is -2.05. The number of carbonyl (C=O) groups excluding carboxylic acids is 1. The number of rotatable bonds is 3. The van der Waals surface area contributed by atoms with E-state index in [9.17, 15) is 4.79 Å². The maximum Gasteiger partial charge on any atom is 0.503 e. The van der Waals surface area contributed by atoms with Crippen LogP contribution in [0.25, 0.3) is 0 Å². The predicted molar refractivity (Wildman–Crippen MR) is 57.1 cm³/mol. The monoisotopic (exact) mass is 210 g/mol. The van der Waals surface area contributed by atoms with Crippen LogP contribution in [0, 0.1) is 0 Å². The molecule has 0 aliphatic rings. The number of benzene rings is 1. The molecule has 3 nitrogen and oxygen atoms in total. The fourth-order valence-electron chi connectivity index (χ4n) is 1.28. The minimum atomic E-state index is -0.399. The summed E-state index contributed by atoms with van der Waals surface area (Å²) < 4.78 is 4.16. The zero-order valence-corrected chi connectivity index (χ0v) is 8.99. The van der Waals surface area contributed by atoms with Crippen molar-refractivity contribution in [3.63, 3.8) is 0 Å². The van der Waals surface area contributed by atoms with Crippen molar-refractivity contribution in [2.24, 2.45) is 0 Å². The second-order valence-corrected chi connectivity index (χ2v) is 3.38. The fraction of sp³-hybridized carbons (Fsp3) is 0.300. The van der Waals surface area contributed by atoms with Crippen molar-refractivity contribution in [2.45, 2.75) is 19.8 Å². The van der Waals surface area contributed by atoms with Crippen LogP contribution in [-0.4, -0.2) is 5.91 Å². The average molecular weight is 210 g/mol. The molecule has 1 amide bonds. The molecule has 0 heterocycles. The number of thiol groups is 1. The van der Waals surface area contributed by atoms with Gasteiger partial charge in [0, 0.05) is 0 Å². The Labute approximate surface area is 89.0 Å². The molecule has 0 spiro atoms. The largest absolute Gasteiger partial charge is 0.503 e. The highest BCUT2D eigenvalue weighted by Crippen LogP contribution is 2.19. The van der Waals surface area contributed by atoms with Gasteiger partial charge in [0.2, 0.25) is 0 Å². The van der Waals surface area contributed by atoms with Crippen molar-refractivity contribution < 1.29 is 9.08 Å². The number of hydrogen-bond donors (Lipinski definition) is 1. The quantitative estimate of drug-likeness (QED) is 0.472. The third-order valence-corrected chi connectivity index (χ3v) is 2.02. The summed E-state index contributed by atoms with van der Waals surface area (Å²) >= 11 is 3.41. The Bertz CT molecular complexity index is 326. The van der Waals surface area contributed by atoms with Crippen LogP contribution < -0.4 is 5.48 Å². The molecule has 0 saturated heterocycles. The van der Waals surface area contributed by atoms with E-state index in [-0.39, 0.29) is 5.92 Å². The van der Waals surface area contributed by atoms with Gasteiger partial charge in [-0.15, -0.1) is 0 Å². The molecule has 0 N–H and O–H groups in total. The summed E-state index contributed by atoms with van der Waals surface area (Å²) in [4.78, 5) is 11.4. The van der Waals surface area contributed by atoms with Crippen LogP contribution in [0.1, 0.15) is 35.7 Å². The van der Waals surface area contributed by atoms with Crippen LogP contribution in [0.2, 0.25) is 0 Å². The smallest absolute Gasteiger partial charge is 0.208 e. The van der Waals surface area contributed by atoms with Crippen LogP contribution in [0.5, 0.6) is 0 Å². The summed E-state index contributed by atoms with van der Waals surface area (Å²) in [6.45, 7) is 4.04. The highest BCUT2D eigenvalue weighted by atomic mass is 32.1. The Morgan fingerprint density at radius 3 is 2.64 bits per heavy atom. The summed E-state index contributed by atoms with van der Waals surface area (Å²) in [5, 5.41) is 0. The van der Waals surface area contributed by atoms with Gasteiger partial charge < -0.3 is 0 Å². The molecular weight excluding hydrogens is 198 g/mol. The van der Waals surface area contributed by atoms with E-state index in [1.807, 2.05) is 26.0 Å². The number of nitrogens with zero attached hydrogens (tertiary/aromatic N) is 1. The molecule has 1 rings (SSSR count). The molecule has 0 unspecified atom stereocenters. The maximum atomic E-state index is 11.4.